The van der Waals surface area contributed by atoms with Crippen molar-refractivity contribution < 1.29 is 19.8 Å². The molecule has 0 unspecified atom stereocenters. The molecule has 0 fully saturated rings. The summed E-state index contributed by atoms with van der Waals surface area (Å²) in [6, 6.07) is 0. The van der Waals surface area contributed by atoms with E-state index in [0.29, 0.717) is 0 Å². The largest absolute Gasteiger partial charge is 0.483 e. The molecule has 0 heterocycles. The molecule has 6 N–H and O–H groups in total. The van der Waals surface area contributed by atoms with Gasteiger partial charge in [-0.05, 0) is 0 Å². The van der Waals surface area contributed by atoms with Crippen LogP contribution in [0.25, 0.3) is 0 Å². The summed E-state index contributed by atoms with van der Waals surface area (Å²) in [7, 11) is 0. The van der Waals surface area contributed by atoms with Gasteiger partial charge in [-0.3, -0.25) is 21.9 Å². The van der Waals surface area contributed by atoms with E-state index in [-0.39, 0.29) is 25.2 Å². The van der Waals surface area contributed by atoms with Crippen LogP contribution < -0.4 is 12.3 Å². The smallest absolute Gasteiger partial charge is 0.290 e. The normalized spacial score (nSPS) is 3.00. The minimum atomic E-state index is -0.250. The van der Waals surface area contributed by atoms with E-state index in [4.69, 9.17) is 19.8 Å². The molecule has 6 heteroatoms. The van der Waals surface area contributed by atoms with Crippen LogP contribution in [0.15, 0.2) is 0 Å². The third-order valence-corrected chi connectivity index (χ3v) is 0. The molecule has 0 aliphatic heterocycles. The van der Waals surface area contributed by atoms with Crippen LogP contribution in [0.1, 0.15) is 0 Å². The van der Waals surface area contributed by atoms with Crippen molar-refractivity contribution in [1.29, 1.82) is 0 Å². The molecule has 0 bridgehead atoms. The molecule has 8 heavy (non-hydrogen) atoms. The molecule has 0 aromatic carbocycles. The molecule has 0 atom stereocenters. The lowest BCUT2D eigenvalue weighted by Gasteiger charge is -1.34. The molecule has 0 aromatic heterocycles. The zero-order chi connectivity index (χ0) is 5.41. The van der Waals surface area contributed by atoms with E-state index in [1.54, 1.807) is 0 Å². The lowest BCUT2D eigenvalue weighted by molar-refractivity contribution is -0.123. The van der Waals surface area contributed by atoms with Gasteiger partial charge in [0.15, 0.2) is 0 Å². The number of hydrogen-bond donors (Lipinski definition) is 2. The Balaban J connectivity index is -0.0000000160. The molecule has 0 aliphatic rings. The van der Waals surface area contributed by atoms with Crippen molar-refractivity contribution in [2.45, 2.75) is 0 Å². The summed E-state index contributed by atoms with van der Waals surface area (Å²) in [4.78, 5) is 16.7. The summed E-state index contributed by atoms with van der Waals surface area (Å²) in [6.45, 7) is -0.500. The van der Waals surface area contributed by atoms with E-state index in [2.05, 4.69) is 0 Å². The van der Waals surface area contributed by atoms with Crippen molar-refractivity contribution in [3.8, 4) is 0 Å². The van der Waals surface area contributed by atoms with Gasteiger partial charge >= 0.3 is 0 Å². The van der Waals surface area contributed by atoms with Crippen LogP contribution in [0.2, 0.25) is 0 Å². The van der Waals surface area contributed by atoms with Crippen molar-refractivity contribution in [3.63, 3.8) is 0 Å². The van der Waals surface area contributed by atoms with Crippen molar-refractivity contribution in [2.24, 2.45) is 0 Å². The summed E-state index contributed by atoms with van der Waals surface area (Å²) in [5, 5.41) is 13.8. The zero-order valence-corrected chi connectivity index (χ0v) is 4.02. The first kappa shape index (κ1) is 28.8. The first-order valence-electron chi connectivity index (χ1n) is 0.988. The fourth-order valence-electron chi connectivity index (χ4n) is 0. The fourth-order valence-corrected chi connectivity index (χ4v) is 0. The number of carbonyl (C=O) groups is 2. The van der Waals surface area contributed by atoms with Crippen LogP contribution in [0, 0.1) is 0 Å². The predicted octanol–water partition coefficient (Wildman–Crippen LogP) is -0.703. The third-order valence-electron chi connectivity index (χ3n) is 0. The Kier molecular flexibility index (Phi) is 674. The molecule has 6 nitrogen and oxygen atoms in total. The van der Waals surface area contributed by atoms with Gasteiger partial charge < -0.3 is 10.2 Å². The van der Waals surface area contributed by atoms with Crippen molar-refractivity contribution in [2.75, 3.05) is 0 Å². The van der Waals surface area contributed by atoms with Gasteiger partial charge in [0.05, 0.1) is 0 Å². The molecule has 0 saturated heterocycles. The summed E-state index contributed by atoms with van der Waals surface area (Å²) < 4.78 is 0. The average Bonchev–Trinajstić information content (AvgIpc) is 1.39. The van der Waals surface area contributed by atoms with Gasteiger partial charge in [-0.1, -0.05) is 0 Å². The minimum absolute atomic E-state index is 0. The van der Waals surface area contributed by atoms with E-state index < -0.39 is 0 Å². The second-order valence-electron chi connectivity index (χ2n) is 0.211. The lowest BCUT2D eigenvalue weighted by Crippen LogP contribution is -1.49. The molecule has 0 rings (SSSR count). The first-order valence-corrected chi connectivity index (χ1v) is 0.988. The Labute approximate surface area is 46.3 Å². The van der Waals surface area contributed by atoms with Crippen molar-refractivity contribution in [1.82, 2.24) is 12.3 Å². The molecule has 0 aliphatic carbocycles. The molecule has 0 aromatic rings. The standard InChI is InChI=1S/2CH2O2.2H2N/c2*2-1-3;;/h2*1H,(H,2,3);2*1H2. The van der Waals surface area contributed by atoms with E-state index >= 15 is 0 Å². The summed E-state index contributed by atoms with van der Waals surface area (Å²) in [5.74, 6) is 0. The van der Waals surface area contributed by atoms with Crippen molar-refractivity contribution >= 4 is 12.9 Å². The highest BCUT2D eigenvalue weighted by atomic mass is 16.3. The Hall–Kier alpha value is -1.14. The van der Waals surface area contributed by atoms with Gasteiger partial charge in [-0.25, -0.2) is 0 Å². The fraction of sp³-hybridized carbons (Fsp3) is 0. The maximum Gasteiger partial charge on any atom is 0.290 e. The minimum Gasteiger partial charge on any atom is -0.483 e. The van der Waals surface area contributed by atoms with Gasteiger partial charge in [0, 0.05) is 0 Å². The summed E-state index contributed by atoms with van der Waals surface area (Å²) in [6.07, 6.45) is 0. The number of nitrogens with two attached hydrogens (primary N) is 2. The monoisotopic (exact) mass is 124 g/mol. The van der Waals surface area contributed by atoms with Crippen LogP contribution in [0.4, 0.5) is 0 Å². The van der Waals surface area contributed by atoms with Gasteiger partial charge in [0.25, 0.3) is 12.9 Å². The molecular formula is C2H8N2O4. The number of rotatable bonds is 0. The Morgan fingerprint density at radius 3 is 0.875 bits per heavy atom. The molecule has 0 amide bonds. The van der Waals surface area contributed by atoms with Crippen LogP contribution in [0.3, 0.4) is 0 Å². The third kappa shape index (κ3) is 55.7. The molecule has 0 saturated carbocycles. The summed E-state index contributed by atoms with van der Waals surface area (Å²) in [5.41, 5.74) is 0. The van der Waals surface area contributed by atoms with Crippen LogP contribution in [-0.2, 0) is 9.59 Å². The SMILES string of the molecule is O=CO.O=CO.[NH2].[NH2]. The van der Waals surface area contributed by atoms with Crippen LogP contribution in [-0.4, -0.2) is 23.2 Å². The highest BCUT2D eigenvalue weighted by molar-refractivity contribution is 5.32. The topological polar surface area (TPSA) is 142 Å². The second kappa shape index (κ2) is 187. The number of hydrogen-bond acceptors (Lipinski definition) is 2. The van der Waals surface area contributed by atoms with Crippen LogP contribution >= 0.6 is 0 Å². The van der Waals surface area contributed by atoms with Crippen LogP contribution in [0.5, 0.6) is 0 Å². The van der Waals surface area contributed by atoms with Crippen molar-refractivity contribution in [3.05, 3.63) is 0 Å². The second-order valence-corrected chi connectivity index (χ2v) is 0.211. The highest BCUT2D eigenvalue weighted by Crippen LogP contribution is 0.969. The maximum absolute atomic E-state index is 8.36. The van der Waals surface area contributed by atoms with Gasteiger partial charge in [-0.15, -0.1) is 0 Å². The first-order chi connectivity index (χ1) is 2.83. The Morgan fingerprint density at radius 1 is 0.875 bits per heavy atom. The molecule has 0 spiro atoms. The predicted molar refractivity (Wildman–Crippen MR) is 25.5 cm³/mol. The van der Waals surface area contributed by atoms with E-state index in [9.17, 15) is 0 Å². The molecule has 2 radical (unpaired) electrons. The maximum atomic E-state index is 8.36. The van der Waals surface area contributed by atoms with E-state index in [0.717, 1.165) is 0 Å². The average molecular weight is 124 g/mol. The lowest BCUT2D eigenvalue weighted by atomic mass is 11.7. The summed E-state index contributed by atoms with van der Waals surface area (Å²) >= 11 is 0. The van der Waals surface area contributed by atoms with Gasteiger partial charge in [0.1, 0.15) is 0 Å². The molecule has 50 valence electrons. The van der Waals surface area contributed by atoms with E-state index in [1.807, 2.05) is 0 Å². The quantitative estimate of drug-likeness (QED) is 0.411. The highest BCUT2D eigenvalue weighted by Gasteiger charge is 1.22. The Morgan fingerprint density at radius 2 is 0.875 bits per heavy atom. The van der Waals surface area contributed by atoms with Gasteiger partial charge in [0.2, 0.25) is 0 Å². The van der Waals surface area contributed by atoms with Gasteiger partial charge in [-0.2, -0.15) is 0 Å². The molecular weight excluding hydrogens is 116 g/mol. The zero-order valence-electron chi connectivity index (χ0n) is 4.02. The van der Waals surface area contributed by atoms with E-state index in [1.165, 1.54) is 0 Å². The Bertz CT molecular complexity index is 33.0. The number of carboxylic acid groups (broad SMARTS) is 2.